The van der Waals surface area contributed by atoms with Crippen LogP contribution in [0.4, 0.5) is 5.82 Å². The van der Waals surface area contributed by atoms with Gasteiger partial charge in [-0.15, -0.1) is 0 Å². The number of anilines is 1. The zero-order valence-electron chi connectivity index (χ0n) is 18.6. The summed E-state index contributed by atoms with van der Waals surface area (Å²) < 4.78 is 1.14. The minimum Gasteiger partial charge on any atom is -0.508 e. The van der Waals surface area contributed by atoms with E-state index in [1.165, 1.54) is 5.56 Å². The SMILES string of the molecule is O=C(Cc1ccc(I)cc1)Nc1nc2c(nc1CCc1ccccc1)-c1ccc(O)cc1CC2. The molecule has 0 bridgehead atoms. The van der Waals surface area contributed by atoms with E-state index in [4.69, 9.17) is 9.97 Å². The molecular weight excluding hydrogens is 537 g/mol. The Kier molecular flexibility index (Phi) is 6.58. The van der Waals surface area contributed by atoms with Crippen LogP contribution in [0.15, 0.2) is 72.8 Å². The number of hydrogen-bond acceptors (Lipinski definition) is 4. The highest BCUT2D eigenvalue weighted by Gasteiger charge is 2.23. The van der Waals surface area contributed by atoms with E-state index in [1.54, 1.807) is 12.1 Å². The Morgan fingerprint density at radius 1 is 0.912 bits per heavy atom. The number of nitrogens with zero attached hydrogens (tertiary/aromatic N) is 2. The first kappa shape index (κ1) is 22.5. The van der Waals surface area contributed by atoms with Crippen LogP contribution in [0.2, 0.25) is 0 Å². The highest BCUT2D eigenvalue weighted by molar-refractivity contribution is 14.1. The molecule has 34 heavy (non-hydrogen) atoms. The van der Waals surface area contributed by atoms with Crippen LogP contribution >= 0.6 is 22.6 Å². The molecular formula is C28H24IN3O2. The van der Waals surface area contributed by atoms with Crippen LogP contribution in [0, 0.1) is 3.57 Å². The molecule has 0 aliphatic heterocycles. The van der Waals surface area contributed by atoms with Gasteiger partial charge in [0, 0.05) is 9.13 Å². The van der Waals surface area contributed by atoms with Gasteiger partial charge in [0.1, 0.15) is 5.75 Å². The minimum absolute atomic E-state index is 0.0995. The number of carbonyl (C=O) groups excluding carboxylic acids is 1. The van der Waals surface area contributed by atoms with Gasteiger partial charge in [0.25, 0.3) is 0 Å². The van der Waals surface area contributed by atoms with Gasteiger partial charge in [-0.2, -0.15) is 0 Å². The van der Waals surface area contributed by atoms with Gasteiger partial charge in [-0.25, -0.2) is 9.97 Å². The lowest BCUT2D eigenvalue weighted by atomic mass is 9.91. The van der Waals surface area contributed by atoms with Crippen molar-refractivity contribution >= 4 is 34.3 Å². The van der Waals surface area contributed by atoms with Gasteiger partial charge in [-0.3, -0.25) is 4.79 Å². The molecule has 6 heteroatoms. The topological polar surface area (TPSA) is 75.1 Å². The minimum atomic E-state index is -0.0995. The lowest BCUT2D eigenvalue weighted by Crippen LogP contribution is -2.20. The van der Waals surface area contributed by atoms with E-state index in [9.17, 15) is 9.90 Å². The van der Waals surface area contributed by atoms with E-state index in [0.717, 1.165) is 56.6 Å². The van der Waals surface area contributed by atoms with Gasteiger partial charge in [-0.1, -0.05) is 42.5 Å². The molecule has 2 N–H and O–H groups in total. The number of aryl methyl sites for hydroxylation is 4. The molecule has 0 spiro atoms. The van der Waals surface area contributed by atoms with Crippen molar-refractivity contribution in [2.45, 2.75) is 32.1 Å². The maximum atomic E-state index is 12.9. The number of amides is 1. The summed E-state index contributed by atoms with van der Waals surface area (Å²) in [5.41, 5.74) is 6.76. The number of phenolic OH excluding ortho intramolecular Hbond substituents is 1. The lowest BCUT2D eigenvalue weighted by Gasteiger charge is -2.21. The molecule has 1 aliphatic rings. The molecule has 170 valence electrons. The Morgan fingerprint density at radius 2 is 1.71 bits per heavy atom. The van der Waals surface area contributed by atoms with Crippen LogP contribution in [0.3, 0.4) is 0 Å². The zero-order chi connectivity index (χ0) is 23.5. The number of hydrogen-bond donors (Lipinski definition) is 2. The number of fused-ring (bicyclic) bond motifs is 3. The third-order valence-electron chi connectivity index (χ3n) is 6.04. The zero-order valence-corrected chi connectivity index (χ0v) is 20.7. The molecule has 0 atom stereocenters. The van der Waals surface area contributed by atoms with Crippen molar-refractivity contribution in [2.75, 3.05) is 5.32 Å². The molecule has 0 saturated carbocycles. The first-order chi connectivity index (χ1) is 16.5. The van der Waals surface area contributed by atoms with Crippen molar-refractivity contribution in [2.24, 2.45) is 0 Å². The largest absolute Gasteiger partial charge is 0.508 e. The number of aromatic nitrogens is 2. The summed E-state index contributed by atoms with van der Waals surface area (Å²) in [4.78, 5) is 22.8. The van der Waals surface area contributed by atoms with E-state index in [1.807, 2.05) is 48.5 Å². The van der Waals surface area contributed by atoms with Crippen molar-refractivity contribution in [1.82, 2.24) is 9.97 Å². The molecule has 0 saturated heterocycles. The average molecular weight is 561 g/mol. The molecule has 5 nitrogen and oxygen atoms in total. The van der Waals surface area contributed by atoms with Crippen molar-refractivity contribution in [3.63, 3.8) is 0 Å². The number of nitrogens with one attached hydrogen (secondary N) is 1. The molecule has 1 aliphatic carbocycles. The summed E-state index contributed by atoms with van der Waals surface area (Å²) in [7, 11) is 0. The van der Waals surface area contributed by atoms with E-state index in [2.05, 4.69) is 40.0 Å². The van der Waals surface area contributed by atoms with E-state index in [-0.39, 0.29) is 18.1 Å². The van der Waals surface area contributed by atoms with Gasteiger partial charge >= 0.3 is 0 Å². The maximum Gasteiger partial charge on any atom is 0.229 e. The van der Waals surface area contributed by atoms with Gasteiger partial charge < -0.3 is 10.4 Å². The first-order valence-electron chi connectivity index (χ1n) is 11.4. The number of phenols is 1. The number of benzene rings is 3. The fourth-order valence-corrected chi connectivity index (χ4v) is 4.67. The predicted octanol–water partition coefficient (Wildman–Crippen LogP) is 5.52. The third kappa shape index (κ3) is 5.12. The number of carbonyl (C=O) groups is 1. The summed E-state index contributed by atoms with van der Waals surface area (Å²) in [6, 6.07) is 23.6. The monoisotopic (exact) mass is 561 g/mol. The lowest BCUT2D eigenvalue weighted by molar-refractivity contribution is -0.115. The summed E-state index contributed by atoms with van der Waals surface area (Å²) >= 11 is 2.26. The Balaban J connectivity index is 1.46. The van der Waals surface area contributed by atoms with Crippen molar-refractivity contribution in [3.05, 3.63) is 104 Å². The van der Waals surface area contributed by atoms with Gasteiger partial charge in [0.05, 0.1) is 23.5 Å². The van der Waals surface area contributed by atoms with E-state index < -0.39 is 0 Å². The van der Waals surface area contributed by atoms with Crippen molar-refractivity contribution in [3.8, 4) is 17.0 Å². The summed E-state index contributed by atoms with van der Waals surface area (Å²) in [6.45, 7) is 0. The number of halogens is 1. The Bertz CT molecular complexity index is 1340. The molecule has 1 amide bonds. The number of rotatable bonds is 6. The molecule has 1 aromatic heterocycles. The second kappa shape index (κ2) is 9.93. The smallest absolute Gasteiger partial charge is 0.229 e. The van der Waals surface area contributed by atoms with Crippen molar-refractivity contribution in [1.29, 1.82) is 0 Å². The average Bonchev–Trinajstić information content (AvgIpc) is 2.84. The number of aromatic hydroxyl groups is 1. The summed E-state index contributed by atoms with van der Waals surface area (Å²) in [5.74, 6) is 0.712. The highest BCUT2D eigenvalue weighted by Crippen LogP contribution is 2.34. The third-order valence-corrected chi connectivity index (χ3v) is 6.76. The maximum absolute atomic E-state index is 12.9. The van der Waals surface area contributed by atoms with Crippen molar-refractivity contribution < 1.29 is 9.90 Å². The van der Waals surface area contributed by atoms with Gasteiger partial charge in [0.15, 0.2) is 5.82 Å². The Morgan fingerprint density at radius 3 is 2.50 bits per heavy atom. The van der Waals surface area contributed by atoms with Crippen LogP contribution in [-0.4, -0.2) is 21.0 Å². The molecule has 3 aromatic carbocycles. The predicted molar refractivity (Wildman–Crippen MR) is 142 cm³/mol. The van der Waals surface area contributed by atoms with E-state index >= 15 is 0 Å². The molecule has 0 fully saturated rings. The second-order valence-corrected chi connectivity index (χ2v) is 9.74. The van der Waals surface area contributed by atoms with Crippen LogP contribution in [0.1, 0.15) is 28.1 Å². The molecule has 5 rings (SSSR count). The summed E-state index contributed by atoms with van der Waals surface area (Å²) in [6.07, 6.45) is 3.26. The fourth-order valence-electron chi connectivity index (χ4n) is 4.31. The Labute approximate surface area is 212 Å². The normalized spacial score (nSPS) is 12.0. The van der Waals surface area contributed by atoms with Crippen LogP contribution in [-0.2, 0) is 36.9 Å². The van der Waals surface area contributed by atoms with Crippen LogP contribution in [0.25, 0.3) is 11.3 Å². The Hall–Kier alpha value is -3.26. The van der Waals surface area contributed by atoms with Gasteiger partial charge in [-0.05, 0) is 95.3 Å². The van der Waals surface area contributed by atoms with Crippen LogP contribution < -0.4 is 5.32 Å². The first-order valence-corrected chi connectivity index (χ1v) is 12.4. The standard InChI is InChI=1S/C28H24IN3O2/c29-21-10-6-19(7-11-21)16-26(34)32-28-25(14-8-18-4-2-1-3-5-18)30-27-23-13-12-22(33)17-20(23)9-15-24(27)31-28/h1-7,10-13,17,33H,8-9,14-16H2,(H,31,32,34). The second-order valence-electron chi connectivity index (χ2n) is 8.49. The van der Waals surface area contributed by atoms with Gasteiger partial charge in [0.2, 0.25) is 5.91 Å². The van der Waals surface area contributed by atoms with Crippen LogP contribution in [0.5, 0.6) is 5.75 Å². The molecule has 0 unspecified atom stereocenters. The molecule has 4 aromatic rings. The quantitative estimate of drug-likeness (QED) is 0.304. The molecule has 1 heterocycles. The van der Waals surface area contributed by atoms with E-state index in [0.29, 0.717) is 12.2 Å². The fraction of sp³-hybridized carbons (Fsp3) is 0.179. The molecule has 0 radical (unpaired) electrons. The highest BCUT2D eigenvalue weighted by atomic mass is 127. The summed E-state index contributed by atoms with van der Waals surface area (Å²) in [5, 5.41) is 12.9.